The second-order valence-electron chi connectivity index (χ2n) is 5.44. The molecular weight excluding hydrogens is 340 g/mol. The summed E-state index contributed by atoms with van der Waals surface area (Å²) in [6.07, 6.45) is 0. The Balaban J connectivity index is 2.07. The number of halogens is 1. The van der Waals surface area contributed by atoms with Gasteiger partial charge in [-0.2, -0.15) is 0 Å². The molecule has 0 aliphatic carbocycles. The van der Waals surface area contributed by atoms with E-state index in [4.69, 9.17) is 23.1 Å². The first kappa shape index (κ1) is 16.7. The molecule has 0 bridgehead atoms. The number of hydrogen-bond donors (Lipinski definition) is 2. The lowest BCUT2D eigenvalue weighted by atomic mass is 9.95. The molecule has 0 saturated heterocycles. The first-order valence-corrected chi connectivity index (χ1v) is 8.74. The Morgan fingerprint density at radius 2 is 1.71 bits per heavy atom. The highest BCUT2D eigenvalue weighted by Gasteiger charge is 2.20. The van der Waals surface area contributed by atoms with Crippen molar-refractivity contribution in [2.24, 2.45) is 11.5 Å². The fourth-order valence-electron chi connectivity index (χ4n) is 2.78. The second kappa shape index (κ2) is 7.18. The third-order valence-corrected chi connectivity index (χ3v) is 5.44. The van der Waals surface area contributed by atoms with Gasteiger partial charge in [0.15, 0.2) is 0 Å². The topological polar surface area (TPSA) is 69.1 Å². The van der Waals surface area contributed by atoms with Crippen LogP contribution in [0.1, 0.15) is 26.7 Å². The molecule has 3 aromatic rings. The molecule has 1 aromatic heterocycles. The lowest BCUT2D eigenvalue weighted by Gasteiger charge is -2.13. The molecule has 0 radical (unpaired) electrons. The third-order valence-electron chi connectivity index (χ3n) is 3.97. The van der Waals surface area contributed by atoms with E-state index in [-0.39, 0.29) is 5.92 Å². The zero-order valence-corrected chi connectivity index (χ0v) is 14.5. The van der Waals surface area contributed by atoms with Crippen molar-refractivity contribution in [2.45, 2.75) is 5.92 Å². The van der Waals surface area contributed by atoms with Gasteiger partial charge < -0.3 is 11.5 Å². The molecule has 4 N–H and O–H groups in total. The molecule has 1 heterocycles. The van der Waals surface area contributed by atoms with E-state index in [9.17, 15) is 4.79 Å². The second-order valence-corrected chi connectivity index (χ2v) is 7.13. The van der Waals surface area contributed by atoms with E-state index in [1.54, 1.807) is 12.1 Å². The van der Waals surface area contributed by atoms with Gasteiger partial charge in [0.2, 0.25) is 5.91 Å². The van der Waals surface area contributed by atoms with Crippen molar-refractivity contribution in [1.29, 1.82) is 0 Å². The lowest BCUT2D eigenvalue weighted by Crippen LogP contribution is -2.13. The largest absolute Gasteiger partial charge is 0.366 e. The van der Waals surface area contributed by atoms with Crippen molar-refractivity contribution in [3.8, 4) is 11.1 Å². The van der Waals surface area contributed by atoms with Crippen LogP contribution in [0.3, 0.4) is 0 Å². The highest BCUT2D eigenvalue weighted by molar-refractivity contribution is 7.17. The van der Waals surface area contributed by atoms with Crippen molar-refractivity contribution in [2.75, 3.05) is 6.54 Å². The van der Waals surface area contributed by atoms with Gasteiger partial charge >= 0.3 is 0 Å². The zero-order valence-electron chi connectivity index (χ0n) is 12.9. The SMILES string of the molecule is NCC(c1ccccc1)c1cc(-c2ccccc2C(N)=O)c(Cl)s1. The first-order chi connectivity index (χ1) is 11.6. The maximum absolute atomic E-state index is 11.7. The Kier molecular flexibility index (Phi) is 5.00. The molecule has 122 valence electrons. The van der Waals surface area contributed by atoms with Gasteiger partial charge in [-0.3, -0.25) is 4.79 Å². The molecule has 0 fully saturated rings. The number of hydrogen-bond acceptors (Lipinski definition) is 3. The van der Waals surface area contributed by atoms with Crippen LogP contribution in [-0.2, 0) is 0 Å². The van der Waals surface area contributed by atoms with Crippen LogP contribution in [0.5, 0.6) is 0 Å². The van der Waals surface area contributed by atoms with Gasteiger partial charge in [-0.25, -0.2) is 0 Å². The van der Waals surface area contributed by atoms with Crippen molar-refractivity contribution in [3.63, 3.8) is 0 Å². The van der Waals surface area contributed by atoms with E-state index in [0.29, 0.717) is 16.4 Å². The number of carbonyl (C=O) groups excluding carboxylic acids is 1. The Hall–Kier alpha value is -2.14. The molecule has 1 atom stereocenters. The smallest absolute Gasteiger partial charge is 0.249 e. The highest BCUT2D eigenvalue weighted by Crippen LogP contribution is 2.41. The van der Waals surface area contributed by atoms with Gasteiger partial charge in [0.25, 0.3) is 0 Å². The number of carbonyl (C=O) groups is 1. The average molecular weight is 357 g/mol. The number of primary amides is 1. The minimum atomic E-state index is -0.465. The molecule has 1 amide bonds. The summed E-state index contributed by atoms with van der Waals surface area (Å²) in [5.74, 6) is -0.393. The highest BCUT2D eigenvalue weighted by atomic mass is 35.5. The van der Waals surface area contributed by atoms with Crippen LogP contribution in [0.25, 0.3) is 11.1 Å². The molecule has 5 heteroatoms. The number of benzene rings is 2. The van der Waals surface area contributed by atoms with Gasteiger partial charge in [0, 0.05) is 28.5 Å². The minimum Gasteiger partial charge on any atom is -0.366 e. The maximum atomic E-state index is 11.7. The Morgan fingerprint density at radius 1 is 1.04 bits per heavy atom. The predicted octanol–water partition coefficient (Wildman–Crippen LogP) is 4.26. The summed E-state index contributed by atoms with van der Waals surface area (Å²) in [7, 11) is 0. The molecule has 1 unspecified atom stereocenters. The normalized spacial score (nSPS) is 12.1. The molecule has 24 heavy (non-hydrogen) atoms. The lowest BCUT2D eigenvalue weighted by molar-refractivity contribution is 0.100. The monoisotopic (exact) mass is 356 g/mol. The number of thiophene rings is 1. The van der Waals surface area contributed by atoms with E-state index >= 15 is 0 Å². The zero-order chi connectivity index (χ0) is 17.1. The molecule has 0 aliphatic heterocycles. The molecule has 0 spiro atoms. The fraction of sp³-hybridized carbons (Fsp3) is 0.105. The summed E-state index contributed by atoms with van der Waals surface area (Å²) in [6.45, 7) is 0.484. The number of rotatable bonds is 5. The molecule has 2 aromatic carbocycles. The fourth-order valence-corrected chi connectivity index (χ4v) is 4.24. The minimum absolute atomic E-state index is 0.0724. The van der Waals surface area contributed by atoms with E-state index in [0.717, 1.165) is 21.6 Å². The summed E-state index contributed by atoms with van der Waals surface area (Å²) >= 11 is 7.96. The van der Waals surface area contributed by atoms with Crippen LogP contribution < -0.4 is 11.5 Å². The van der Waals surface area contributed by atoms with Crippen LogP contribution in [0.4, 0.5) is 0 Å². The standard InChI is InChI=1S/C19H17ClN2OS/c20-18-15(13-8-4-5-9-14(13)19(22)23)10-17(24-18)16(11-21)12-6-2-1-3-7-12/h1-10,16H,11,21H2,(H2,22,23). The molecule has 3 nitrogen and oxygen atoms in total. The summed E-state index contributed by atoms with van der Waals surface area (Å²) in [4.78, 5) is 12.8. The van der Waals surface area contributed by atoms with Crippen LogP contribution in [0.2, 0.25) is 4.34 Å². The first-order valence-electron chi connectivity index (χ1n) is 7.55. The molecular formula is C19H17ClN2OS. The number of nitrogens with two attached hydrogens (primary N) is 2. The molecule has 3 rings (SSSR count). The van der Waals surface area contributed by atoms with E-state index in [1.165, 1.54) is 11.3 Å². The Bertz CT molecular complexity index is 861. The predicted molar refractivity (Wildman–Crippen MR) is 101 cm³/mol. The van der Waals surface area contributed by atoms with Gasteiger partial charge in [-0.15, -0.1) is 11.3 Å². The van der Waals surface area contributed by atoms with Crippen LogP contribution >= 0.6 is 22.9 Å². The maximum Gasteiger partial charge on any atom is 0.249 e. The van der Waals surface area contributed by atoms with Crippen molar-refractivity contribution in [1.82, 2.24) is 0 Å². The third kappa shape index (κ3) is 3.22. The molecule has 0 saturated carbocycles. The van der Waals surface area contributed by atoms with Gasteiger partial charge in [0.1, 0.15) is 4.34 Å². The van der Waals surface area contributed by atoms with Crippen molar-refractivity contribution in [3.05, 3.63) is 81.0 Å². The van der Waals surface area contributed by atoms with Crippen molar-refractivity contribution < 1.29 is 4.79 Å². The van der Waals surface area contributed by atoms with Gasteiger partial charge in [0.05, 0.1) is 0 Å². The van der Waals surface area contributed by atoms with Crippen molar-refractivity contribution >= 4 is 28.8 Å². The summed E-state index contributed by atoms with van der Waals surface area (Å²) in [5.41, 5.74) is 14.7. The van der Waals surface area contributed by atoms with Crippen LogP contribution in [0.15, 0.2) is 60.7 Å². The van der Waals surface area contributed by atoms with Crippen LogP contribution in [-0.4, -0.2) is 12.5 Å². The average Bonchev–Trinajstić information content (AvgIpc) is 2.98. The van der Waals surface area contributed by atoms with E-state index in [2.05, 4.69) is 12.1 Å². The number of amides is 1. The van der Waals surface area contributed by atoms with E-state index < -0.39 is 5.91 Å². The summed E-state index contributed by atoms with van der Waals surface area (Å²) < 4.78 is 0.632. The summed E-state index contributed by atoms with van der Waals surface area (Å²) in [6, 6.07) is 19.3. The van der Waals surface area contributed by atoms with Gasteiger partial charge in [-0.05, 0) is 23.3 Å². The Labute approximate surface area is 149 Å². The van der Waals surface area contributed by atoms with Crippen LogP contribution in [0, 0.1) is 0 Å². The van der Waals surface area contributed by atoms with Gasteiger partial charge in [-0.1, -0.05) is 60.1 Å². The summed E-state index contributed by atoms with van der Waals surface area (Å²) in [5, 5.41) is 0. The Morgan fingerprint density at radius 3 is 2.38 bits per heavy atom. The van der Waals surface area contributed by atoms with E-state index in [1.807, 2.05) is 36.4 Å². The quantitative estimate of drug-likeness (QED) is 0.717. The molecule has 0 aliphatic rings.